The van der Waals surface area contributed by atoms with Gasteiger partial charge in [-0.15, -0.1) is 0 Å². The number of nitrogens with one attached hydrogen (secondary N) is 1. The van der Waals surface area contributed by atoms with Gasteiger partial charge in [0.25, 0.3) is 0 Å². The van der Waals surface area contributed by atoms with Crippen LogP contribution in [0.1, 0.15) is 0 Å². The summed E-state index contributed by atoms with van der Waals surface area (Å²) in [6, 6.07) is 14.5. The monoisotopic (exact) mass is 342 g/mol. The third-order valence-electron chi connectivity index (χ3n) is 3.40. The maximum absolute atomic E-state index is 12.7. The van der Waals surface area contributed by atoms with E-state index < -0.39 is 10.8 Å². The van der Waals surface area contributed by atoms with Crippen LogP contribution in [0, 0.1) is 0 Å². The number of hydrogen-bond donors (Lipinski definition) is 1. The van der Waals surface area contributed by atoms with Crippen molar-refractivity contribution < 1.29 is 4.21 Å². The fourth-order valence-corrected chi connectivity index (χ4v) is 3.80. The Morgan fingerprint density at radius 2 is 1.96 bits per heavy atom. The molecular weight excluding hydrogens is 332 g/mol. The summed E-state index contributed by atoms with van der Waals surface area (Å²) in [7, 11) is -1.34. The second kappa shape index (κ2) is 5.64. The van der Waals surface area contributed by atoms with E-state index >= 15 is 0 Å². The molecule has 0 aliphatic heterocycles. The summed E-state index contributed by atoms with van der Waals surface area (Å²) in [6.45, 7) is 0. The molecule has 4 rings (SSSR count). The molecule has 0 aliphatic rings. The molecule has 114 valence electrons. The number of H-pyrrole nitrogens is 1. The number of nitrogens with zero attached hydrogens (tertiary/aromatic N) is 3. The van der Waals surface area contributed by atoms with E-state index in [0.717, 1.165) is 5.52 Å². The molecular formula is C16H11ClN4OS. The first-order valence-corrected chi connectivity index (χ1v) is 8.41. The Hall–Kier alpha value is -2.44. The van der Waals surface area contributed by atoms with Gasteiger partial charge in [-0.3, -0.25) is 0 Å². The van der Waals surface area contributed by atoms with Crippen LogP contribution in [-0.2, 0) is 10.8 Å². The molecule has 1 unspecified atom stereocenters. The van der Waals surface area contributed by atoms with Gasteiger partial charge < -0.3 is 4.98 Å². The summed E-state index contributed by atoms with van der Waals surface area (Å²) in [5, 5.41) is 4.57. The van der Waals surface area contributed by atoms with Gasteiger partial charge in [-0.25, -0.2) is 13.9 Å². The molecule has 0 spiro atoms. The average Bonchev–Trinajstić information content (AvgIpc) is 3.23. The highest BCUT2D eigenvalue weighted by atomic mass is 35.5. The number of rotatable bonds is 3. The molecule has 23 heavy (non-hydrogen) atoms. The van der Waals surface area contributed by atoms with Crippen LogP contribution >= 0.6 is 11.6 Å². The van der Waals surface area contributed by atoms with Crippen LogP contribution in [-0.4, -0.2) is 24.0 Å². The number of imidazole rings is 1. The summed E-state index contributed by atoms with van der Waals surface area (Å²) >= 11 is 6.31. The molecule has 0 aliphatic carbocycles. The molecule has 0 fully saturated rings. The van der Waals surface area contributed by atoms with Crippen molar-refractivity contribution in [3.63, 3.8) is 0 Å². The molecule has 0 bridgehead atoms. The van der Waals surface area contributed by atoms with Crippen molar-refractivity contribution >= 4 is 33.4 Å². The molecule has 0 saturated heterocycles. The second-order valence-corrected chi connectivity index (χ2v) is 6.75. The average molecular weight is 343 g/mol. The van der Waals surface area contributed by atoms with E-state index in [2.05, 4.69) is 15.1 Å². The fraction of sp³-hybridized carbons (Fsp3) is 0. The summed E-state index contributed by atoms with van der Waals surface area (Å²) in [5.41, 5.74) is 1.47. The number of benzene rings is 2. The van der Waals surface area contributed by atoms with Gasteiger partial charge in [-0.05, 0) is 30.3 Å². The fourth-order valence-electron chi connectivity index (χ4n) is 2.31. The van der Waals surface area contributed by atoms with Crippen LogP contribution < -0.4 is 0 Å². The lowest BCUT2D eigenvalue weighted by atomic mass is 10.3. The first kappa shape index (κ1) is 14.2. The highest BCUT2D eigenvalue weighted by molar-refractivity contribution is 7.85. The first-order chi connectivity index (χ1) is 11.2. The van der Waals surface area contributed by atoms with Crippen molar-refractivity contribution in [3.8, 4) is 5.95 Å². The third kappa shape index (κ3) is 2.56. The SMILES string of the molecule is O=S(c1ccccc1)c1cc2[nH]c(-n3cccn3)nc2cc1Cl. The van der Waals surface area contributed by atoms with Gasteiger partial charge in [-0.2, -0.15) is 5.10 Å². The smallest absolute Gasteiger partial charge is 0.229 e. The maximum atomic E-state index is 12.7. The van der Waals surface area contributed by atoms with Gasteiger partial charge in [0.2, 0.25) is 5.95 Å². The quantitative estimate of drug-likeness (QED) is 0.619. The topological polar surface area (TPSA) is 63.6 Å². The Kier molecular flexibility index (Phi) is 3.48. The van der Waals surface area contributed by atoms with Gasteiger partial charge >= 0.3 is 0 Å². The van der Waals surface area contributed by atoms with Crippen LogP contribution in [0.5, 0.6) is 0 Å². The lowest BCUT2D eigenvalue weighted by Crippen LogP contribution is -1.95. The Morgan fingerprint density at radius 3 is 2.70 bits per heavy atom. The zero-order valence-corrected chi connectivity index (χ0v) is 13.4. The highest BCUT2D eigenvalue weighted by Gasteiger charge is 2.15. The lowest BCUT2D eigenvalue weighted by Gasteiger charge is -2.04. The minimum Gasteiger partial charge on any atom is -0.322 e. The summed E-state index contributed by atoms with van der Waals surface area (Å²) in [4.78, 5) is 8.88. The van der Waals surface area contributed by atoms with Crippen molar-refractivity contribution in [2.24, 2.45) is 0 Å². The van der Waals surface area contributed by atoms with E-state index in [9.17, 15) is 4.21 Å². The second-order valence-electron chi connectivity index (χ2n) is 4.89. The number of fused-ring (bicyclic) bond motifs is 1. The molecule has 4 aromatic rings. The number of aromatic amines is 1. The molecule has 0 saturated carbocycles. The lowest BCUT2D eigenvalue weighted by molar-refractivity contribution is 0.683. The van der Waals surface area contributed by atoms with Crippen molar-refractivity contribution in [2.75, 3.05) is 0 Å². The molecule has 5 nitrogen and oxygen atoms in total. The van der Waals surface area contributed by atoms with Crippen LogP contribution in [0.4, 0.5) is 0 Å². The van der Waals surface area contributed by atoms with E-state index in [1.807, 2.05) is 36.4 Å². The molecule has 2 aromatic heterocycles. The minimum absolute atomic E-state index is 0.429. The normalized spacial score (nSPS) is 12.6. The zero-order valence-electron chi connectivity index (χ0n) is 11.8. The van der Waals surface area contributed by atoms with Gasteiger partial charge in [0.15, 0.2) is 0 Å². The molecule has 7 heteroatoms. The number of hydrogen-bond acceptors (Lipinski definition) is 3. The van der Waals surface area contributed by atoms with Crippen LogP contribution in [0.3, 0.4) is 0 Å². The number of halogens is 1. The largest absolute Gasteiger partial charge is 0.322 e. The van der Waals surface area contributed by atoms with Crippen molar-refractivity contribution in [1.82, 2.24) is 19.7 Å². The summed E-state index contributed by atoms with van der Waals surface area (Å²) < 4.78 is 14.3. The van der Waals surface area contributed by atoms with E-state index in [4.69, 9.17) is 11.6 Å². The van der Waals surface area contributed by atoms with Gasteiger partial charge in [0, 0.05) is 17.3 Å². The molecule has 2 heterocycles. The van der Waals surface area contributed by atoms with E-state index in [1.54, 1.807) is 29.2 Å². The van der Waals surface area contributed by atoms with E-state index in [1.165, 1.54) is 0 Å². The molecule has 1 N–H and O–H groups in total. The minimum atomic E-state index is -1.34. The predicted molar refractivity (Wildman–Crippen MR) is 89.3 cm³/mol. The Bertz CT molecular complexity index is 996. The van der Waals surface area contributed by atoms with Crippen LogP contribution in [0.15, 0.2) is 70.7 Å². The predicted octanol–water partition coefficient (Wildman–Crippen LogP) is 3.57. The van der Waals surface area contributed by atoms with Gasteiger partial charge in [-0.1, -0.05) is 29.8 Å². The molecule has 0 radical (unpaired) electrons. The number of aromatic nitrogens is 4. The maximum Gasteiger partial charge on any atom is 0.229 e. The molecule has 1 atom stereocenters. The van der Waals surface area contributed by atoms with E-state index in [0.29, 0.717) is 26.3 Å². The van der Waals surface area contributed by atoms with Crippen molar-refractivity contribution in [2.45, 2.75) is 9.79 Å². The van der Waals surface area contributed by atoms with Gasteiger partial charge in [0.1, 0.15) is 0 Å². The van der Waals surface area contributed by atoms with Crippen molar-refractivity contribution in [3.05, 3.63) is 65.9 Å². The standard InChI is InChI=1S/C16H11ClN4OS/c17-12-9-13-14(20-16(19-13)21-8-4-7-18-21)10-15(12)23(22)11-5-2-1-3-6-11/h1-10H,(H,19,20). The highest BCUT2D eigenvalue weighted by Crippen LogP contribution is 2.28. The third-order valence-corrected chi connectivity index (χ3v) is 5.26. The van der Waals surface area contributed by atoms with Crippen LogP contribution in [0.2, 0.25) is 5.02 Å². The van der Waals surface area contributed by atoms with Gasteiger partial charge in [0.05, 0.1) is 31.8 Å². The molecule has 2 aromatic carbocycles. The van der Waals surface area contributed by atoms with E-state index in [-0.39, 0.29) is 0 Å². The summed E-state index contributed by atoms with van der Waals surface area (Å²) in [6.07, 6.45) is 3.47. The zero-order chi connectivity index (χ0) is 15.8. The molecule has 0 amide bonds. The van der Waals surface area contributed by atoms with Crippen LogP contribution in [0.25, 0.3) is 17.0 Å². The Balaban J connectivity index is 1.82. The first-order valence-electron chi connectivity index (χ1n) is 6.88. The Morgan fingerprint density at radius 1 is 1.13 bits per heavy atom. The summed E-state index contributed by atoms with van der Waals surface area (Å²) in [5.74, 6) is 0.587. The van der Waals surface area contributed by atoms with Crippen molar-refractivity contribution in [1.29, 1.82) is 0 Å². The Labute approximate surface area is 139 Å².